The van der Waals surface area contributed by atoms with Crippen molar-refractivity contribution in [3.63, 3.8) is 0 Å². The highest BCUT2D eigenvalue weighted by Crippen LogP contribution is 2.25. The fourth-order valence-corrected chi connectivity index (χ4v) is 2.41. The van der Waals surface area contributed by atoms with Crippen molar-refractivity contribution in [1.82, 2.24) is 24.5 Å². The first-order chi connectivity index (χ1) is 12.2. The first kappa shape index (κ1) is 14.9. The molecule has 1 aromatic carbocycles. The molecule has 0 radical (unpaired) electrons. The number of para-hydroxylation sites is 2. The lowest BCUT2D eigenvalue weighted by atomic mass is 10.3. The molecule has 25 heavy (non-hydrogen) atoms. The van der Waals surface area contributed by atoms with Crippen molar-refractivity contribution in [2.45, 2.75) is 6.92 Å². The van der Waals surface area contributed by atoms with Gasteiger partial charge in [0, 0.05) is 6.08 Å². The summed E-state index contributed by atoms with van der Waals surface area (Å²) in [5.74, 6) is 1.71. The van der Waals surface area contributed by atoms with Gasteiger partial charge in [-0.15, -0.1) is 10.2 Å². The number of hydrogen-bond donors (Lipinski definition) is 1. The maximum Gasteiger partial charge on any atom is 0.257 e. The quantitative estimate of drug-likeness (QED) is 0.736. The molecule has 0 unspecified atom stereocenters. The van der Waals surface area contributed by atoms with E-state index in [1.54, 1.807) is 17.6 Å². The summed E-state index contributed by atoms with van der Waals surface area (Å²) < 4.78 is 7.06. The van der Waals surface area contributed by atoms with Crippen LogP contribution < -0.4 is 5.73 Å². The average Bonchev–Trinajstić information content (AvgIpc) is 2.98. The predicted molar refractivity (Wildman–Crippen MR) is 91.3 cm³/mol. The zero-order valence-electron chi connectivity index (χ0n) is 13.4. The smallest absolute Gasteiger partial charge is 0.257 e. The summed E-state index contributed by atoms with van der Waals surface area (Å²) in [6, 6.07) is 7.57. The van der Waals surface area contributed by atoms with E-state index < -0.39 is 0 Å². The number of aryl methyl sites for hydroxylation is 1. The average molecular weight is 334 g/mol. The molecule has 0 saturated carbocycles. The van der Waals surface area contributed by atoms with Crippen LogP contribution in [0.15, 0.2) is 58.6 Å². The summed E-state index contributed by atoms with van der Waals surface area (Å²) in [7, 11) is 0. The molecule has 0 amide bonds. The molecule has 3 aromatic rings. The lowest BCUT2D eigenvalue weighted by Gasteiger charge is -2.06. The van der Waals surface area contributed by atoms with Crippen LogP contribution in [0.2, 0.25) is 0 Å². The SMILES string of the molecule is Cc1nc(N)nc(-n2c(N=NC3=CC=CCO3)nc3ccccc32)n1. The number of nitrogen functional groups attached to an aromatic ring is 1. The highest BCUT2D eigenvalue weighted by molar-refractivity contribution is 5.79. The lowest BCUT2D eigenvalue weighted by Crippen LogP contribution is -2.07. The molecular weight excluding hydrogens is 320 g/mol. The summed E-state index contributed by atoms with van der Waals surface area (Å²) in [5.41, 5.74) is 7.30. The third-order valence-corrected chi connectivity index (χ3v) is 3.44. The highest BCUT2D eigenvalue weighted by Gasteiger charge is 2.15. The molecule has 0 saturated heterocycles. The van der Waals surface area contributed by atoms with E-state index in [9.17, 15) is 0 Å². The summed E-state index contributed by atoms with van der Waals surface area (Å²) in [4.78, 5) is 17.0. The summed E-state index contributed by atoms with van der Waals surface area (Å²) in [6.07, 6.45) is 5.46. The van der Waals surface area contributed by atoms with E-state index in [0.29, 0.717) is 30.2 Å². The number of ether oxygens (including phenoxy) is 1. The maximum absolute atomic E-state index is 5.76. The Labute approximate surface area is 142 Å². The normalized spacial score (nSPS) is 14.0. The molecule has 0 spiro atoms. The number of fused-ring (bicyclic) bond motifs is 1. The first-order valence-electron chi connectivity index (χ1n) is 7.58. The summed E-state index contributed by atoms with van der Waals surface area (Å²) in [6.45, 7) is 2.21. The number of allylic oxidation sites excluding steroid dienone is 2. The van der Waals surface area contributed by atoms with Crippen LogP contribution >= 0.6 is 0 Å². The highest BCUT2D eigenvalue weighted by atomic mass is 16.5. The fourth-order valence-electron chi connectivity index (χ4n) is 2.41. The number of nitrogens with zero attached hydrogens (tertiary/aromatic N) is 7. The van der Waals surface area contributed by atoms with Crippen molar-refractivity contribution in [3.8, 4) is 5.95 Å². The number of azo groups is 1. The van der Waals surface area contributed by atoms with E-state index in [2.05, 4.69) is 30.2 Å². The third kappa shape index (κ3) is 2.94. The minimum Gasteiger partial charge on any atom is -0.472 e. The second kappa shape index (κ2) is 6.11. The molecule has 124 valence electrons. The van der Waals surface area contributed by atoms with Gasteiger partial charge in [0.25, 0.3) is 5.95 Å². The zero-order valence-corrected chi connectivity index (χ0v) is 13.4. The topological polar surface area (TPSA) is 116 Å². The van der Waals surface area contributed by atoms with Gasteiger partial charge in [0.1, 0.15) is 12.4 Å². The van der Waals surface area contributed by atoms with Gasteiger partial charge in [-0.2, -0.15) is 15.0 Å². The molecule has 9 nitrogen and oxygen atoms in total. The Kier molecular flexibility index (Phi) is 3.65. The number of nitrogens with two attached hydrogens (primary N) is 1. The zero-order chi connectivity index (χ0) is 17.2. The van der Waals surface area contributed by atoms with Gasteiger partial charge in [0.2, 0.25) is 17.8 Å². The van der Waals surface area contributed by atoms with E-state index in [1.165, 1.54) is 0 Å². The molecule has 9 heteroatoms. The third-order valence-electron chi connectivity index (χ3n) is 3.44. The van der Waals surface area contributed by atoms with Gasteiger partial charge in [-0.25, -0.2) is 9.55 Å². The van der Waals surface area contributed by atoms with Crippen molar-refractivity contribution < 1.29 is 4.74 Å². The molecule has 0 bridgehead atoms. The number of hydrogen-bond acceptors (Lipinski definition) is 8. The molecule has 2 aromatic heterocycles. The molecule has 2 N–H and O–H groups in total. The van der Waals surface area contributed by atoms with Crippen LogP contribution in [-0.4, -0.2) is 31.1 Å². The Balaban J connectivity index is 1.87. The largest absolute Gasteiger partial charge is 0.472 e. The molecule has 1 aliphatic heterocycles. The van der Waals surface area contributed by atoms with Crippen molar-refractivity contribution in [1.29, 1.82) is 0 Å². The Morgan fingerprint density at radius 3 is 2.80 bits per heavy atom. The second-order valence-corrected chi connectivity index (χ2v) is 5.22. The molecular formula is C16H14N8O. The van der Waals surface area contributed by atoms with Crippen LogP contribution in [0.1, 0.15) is 5.82 Å². The lowest BCUT2D eigenvalue weighted by molar-refractivity contribution is 0.237. The van der Waals surface area contributed by atoms with Gasteiger partial charge in [-0.05, 0) is 25.1 Å². The Hall–Kier alpha value is -3.62. The minimum absolute atomic E-state index is 0.131. The number of benzene rings is 1. The van der Waals surface area contributed by atoms with Gasteiger partial charge < -0.3 is 10.5 Å². The first-order valence-corrected chi connectivity index (χ1v) is 7.58. The van der Waals surface area contributed by atoms with E-state index in [-0.39, 0.29) is 5.95 Å². The van der Waals surface area contributed by atoms with E-state index in [4.69, 9.17) is 10.5 Å². The Morgan fingerprint density at radius 1 is 1.12 bits per heavy atom. The monoisotopic (exact) mass is 334 g/mol. The van der Waals surface area contributed by atoms with Crippen LogP contribution in [0.4, 0.5) is 11.9 Å². The van der Waals surface area contributed by atoms with Gasteiger partial charge in [-0.3, -0.25) is 0 Å². The van der Waals surface area contributed by atoms with E-state index >= 15 is 0 Å². The molecule has 0 fully saturated rings. The van der Waals surface area contributed by atoms with Gasteiger partial charge >= 0.3 is 0 Å². The Morgan fingerprint density at radius 2 is 2.00 bits per heavy atom. The van der Waals surface area contributed by atoms with E-state index in [0.717, 1.165) is 11.0 Å². The number of aromatic nitrogens is 5. The molecule has 0 aliphatic carbocycles. The second-order valence-electron chi connectivity index (χ2n) is 5.22. The number of rotatable bonds is 3. The van der Waals surface area contributed by atoms with Crippen molar-refractivity contribution in [2.24, 2.45) is 10.2 Å². The standard InChI is InChI=1S/C16H14N8O/c1-10-18-14(17)21-15(19-10)24-12-7-3-2-6-11(12)20-16(24)23-22-13-8-4-5-9-25-13/h2-8H,9H2,1H3,(H2,17,18,19,21). The Bertz CT molecular complexity index is 1010. The number of anilines is 1. The van der Waals surface area contributed by atoms with Gasteiger partial charge in [0.05, 0.1) is 11.0 Å². The van der Waals surface area contributed by atoms with Crippen molar-refractivity contribution >= 4 is 22.9 Å². The maximum atomic E-state index is 5.76. The summed E-state index contributed by atoms with van der Waals surface area (Å²) >= 11 is 0. The van der Waals surface area contributed by atoms with Gasteiger partial charge in [-0.1, -0.05) is 18.2 Å². The molecule has 4 rings (SSSR count). The van der Waals surface area contributed by atoms with Crippen molar-refractivity contribution in [2.75, 3.05) is 12.3 Å². The molecule has 0 atom stereocenters. The summed E-state index contributed by atoms with van der Waals surface area (Å²) in [5, 5.41) is 8.32. The number of imidazole rings is 1. The van der Waals surface area contributed by atoms with Crippen LogP contribution in [0.5, 0.6) is 0 Å². The van der Waals surface area contributed by atoms with E-state index in [1.807, 2.05) is 36.4 Å². The minimum atomic E-state index is 0.131. The fraction of sp³-hybridized carbons (Fsp3) is 0.125. The van der Waals surface area contributed by atoms with Crippen LogP contribution in [0.25, 0.3) is 17.0 Å². The van der Waals surface area contributed by atoms with Crippen LogP contribution in [0.3, 0.4) is 0 Å². The van der Waals surface area contributed by atoms with Crippen LogP contribution in [-0.2, 0) is 4.74 Å². The predicted octanol–water partition coefficient (Wildman–Crippen LogP) is 2.61. The van der Waals surface area contributed by atoms with Crippen LogP contribution in [0, 0.1) is 6.92 Å². The molecule has 3 heterocycles. The van der Waals surface area contributed by atoms with Crippen molar-refractivity contribution in [3.05, 3.63) is 54.2 Å². The molecule has 1 aliphatic rings. The van der Waals surface area contributed by atoms with Gasteiger partial charge in [0.15, 0.2) is 0 Å².